The van der Waals surface area contributed by atoms with Crippen LogP contribution in [-0.2, 0) is 0 Å². The van der Waals surface area contributed by atoms with Crippen molar-refractivity contribution in [2.75, 3.05) is 6.61 Å². The van der Waals surface area contributed by atoms with Crippen LogP contribution in [0.4, 0.5) is 0 Å². The topological polar surface area (TPSA) is 37.9 Å². The summed E-state index contributed by atoms with van der Waals surface area (Å²) >= 11 is 0. The zero-order valence-electron chi connectivity index (χ0n) is 13.2. The minimum absolute atomic E-state index is 0.679. The number of benzene rings is 1. The molecule has 0 unspecified atom stereocenters. The van der Waals surface area contributed by atoms with Gasteiger partial charge in [-0.3, -0.25) is 5.10 Å². The predicted molar refractivity (Wildman–Crippen MR) is 85.1 cm³/mol. The lowest BCUT2D eigenvalue weighted by atomic mass is 10.1. The van der Waals surface area contributed by atoms with Crippen molar-refractivity contribution >= 4 is 0 Å². The molecular weight excluding hydrogens is 248 g/mol. The van der Waals surface area contributed by atoms with Gasteiger partial charge in [0.25, 0.3) is 0 Å². The number of aromatic amines is 1. The van der Waals surface area contributed by atoms with Crippen molar-refractivity contribution < 1.29 is 4.74 Å². The zero-order chi connectivity index (χ0) is 15.0. The van der Waals surface area contributed by atoms with Gasteiger partial charge < -0.3 is 4.74 Å². The monoisotopic (exact) mass is 274 g/mol. The quantitative estimate of drug-likeness (QED) is 0.847. The first kappa shape index (κ1) is 16.3. The molecule has 0 aliphatic carbocycles. The number of hydrogen-bond acceptors (Lipinski definition) is 2. The van der Waals surface area contributed by atoms with Gasteiger partial charge in [-0.2, -0.15) is 5.10 Å². The van der Waals surface area contributed by atoms with Crippen LogP contribution in [0.15, 0.2) is 30.5 Å². The summed E-state index contributed by atoms with van der Waals surface area (Å²) in [6.07, 6.45) is 2.94. The van der Waals surface area contributed by atoms with Gasteiger partial charge in [0.1, 0.15) is 5.75 Å². The van der Waals surface area contributed by atoms with Gasteiger partial charge in [-0.05, 0) is 37.0 Å². The van der Waals surface area contributed by atoms with Gasteiger partial charge in [-0.1, -0.05) is 39.8 Å². The van der Waals surface area contributed by atoms with E-state index in [1.165, 1.54) is 0 Å². The highest BCUT2D eigenvalue weighted by molar-refractivity contribution is 5.65. The predicted octanol–water partition coefficient (Wildman–Crippen LogP) is 4.84. The number of nitrogens with one attached hydrogen (secondary N) is 1. The lowest BCUT2D eigenvalue weighted by Gasteiger charge is -2.08. The summed E-state index contributed by atoms with van der Waals surface area (Å²) in [6, 6.07) is 8.18. The van der Waals surface area contributed by atoms with E-state index in [9.17, 15) is 0 Å². The van der Waals surface area contributed by atoms with Gasteiger partial charge in [0.2, 0.25) is 0 Å². The van der Waals surface area contributed by atoms with Crippen molar-refractivity contribution in [2.24, 2.45) is 5.92 Å². The molecule has 0 radical (unpaired) electrons. The van der Waals surface area contributed by atoms with Gasteiger partial charge in [-0.15, -0.1) is 0 Å². The SMILES string of the molecule is CC.Cc1[nH]ncc1-c1ccc(OCCC(C)C)cc1. The molecule has 1 N–H and O–H groups in total. The number of nitrogens with zero attached hydrogens (tertiary/aromatic N) is 1. The number of H-pyrrole nitrogens is 1. The second-order valence-corrected chi connectivity index (χ2v) is 4.96. The van der Waals surface area contributed by atoms with Crippen LogP contribution < -0.4 is 4.74 Å². The Morgan fingerprint density at radius 2 is 1.80 bits per heavy atom. The third kappa shape index (κ3) is 4.72. The lowest BCUT2D eigenvalue weighted by Crippen LogP contribution is -2.01. The number of rotatable bonds is 5. The molecule has 0 amide bonds. The number of aryl methyl sites for hydroxylation is 1. The fourth-order valence-corrected chi connectivity index (χ4v) is 1.78. The minimum atomic E-state index is 0.679. The Hall–Kier alpha value is -1.77. The Bertz CT molecular complexity index is 486. The van der Waals surface area contributed by atoms with E-state index in [1.807, 2.05) is 39.1 Å². The van der Waals surface area contributed by atoms with Crippen molar-refractivity contribution in [3.63, 3.8) is 0 Å². The van der Waals surface area contributed by atoms with Gasteiger partial charge in [0.15, 0.2) is 0 Å². The van der Waals surface area contributed by atoms with Gasteiger partial charge >= 0.3 is 0 Å². The van der Waals surface area contributed by atoms with E-state index in [2.05, 4.69) is 36.2 Å². The maximum Gasteiger partial charge on any atom is 0.119 e. The third-order valence-electron chi connectivity index (χ3n) is 2.96. The van der Waals surface area contributed by atoms with E-state index in [0.29, 0.717) is 5.92 Å². The molecule has 0 saturated carbocycles. The minimum Gasteiger partial charge on any atom is -0.494 e. The van der Waals surface area contributed by atoms with E-state index in [0.717, 1.165) is 35.6 Å². The normalized spacial score (nSPS) is 10.1. The molecule has 2 rings (SSSR count). The third-order valence-corrected chi connectivity index (χ3v) is 2.96. The van der Waals surface area contributed by atoms with Crippen LogP contribution >= 0.6 is 0 Å². The largest absolute Gasteiger partial charge is 0.494 e. The highest BCUT2D eigenvalue weighted by Gasteiger charge is 2.03. The van der Waals surface area contributed by atoms with Crippen molar-refractivity contribution in [3.8, 4) is 16.9 Å². The first-order chi connectivity index (χ1) is 9.66. The van der Waals surface area contributed by atoms with Gasteiger partial charge in [-0.25, -0.2) is 0 Å². The number of aromatic nitrogens is 2. The molecule has 0 fully saturated rings. The van der Waals surface area contributed by atoms with Crippen LogP contribution in [0.5, 0.6) is 5.75 Å². The highest BCUT2D eigenvalue weighted by atomic mass is 16.5. The van der Waals surface area contributed by atoms with E-state index < -0.39 is 0 Å². The van der Waals surface area contributed by atoms with Crippen molar-refractivity contribution in [3.05, 3.63) is 36.2 Å². The standard InChI is InChI=1S/C15H20N2O.C2H6/c1-11(2)8-9-18-14-6-4-13(5-7-14)15-10-16-17-12(15)3;1-2/h4-7,10-11H,8-9H2,1-3H3,(H,16,17);1-2H3. The molecule has 0 bridgehead atoms. The molecule has 2 aromatic rings. The average molecular weight is 274 g/mol. The summed E-state index contributed by atoms with van der Waals surface area (Å²) in [7, 11) is 0. The Morgan fingerprint density at radius 1 is 1.15 bits per heavy atom. The summed E-state index contributed by atoms with van der Waals surface area (Å²) in [6.45, 7) is 11.2. The smallest absolute Gasteiger partial charge is 0.119 e. The van der Waals surface area contributed by atoms with Crippen LogP contribution in [0.3, 0.4) is 0 Å². The second-order valence-electron chi connectivity index (χ2n) is 4.96. The Morgan fingerprint density at radius 3 is 2.30 bits per heavy atom. The summed E-state index contributed by atoms with van der Waals surface area (Å²) in [5.41, 5.74) is 3.39. The van der Waals surface area contributed by atoms with Crippen LogP contribution in [-0.4, -0.2) is 16.8 Å². The second kappa shape index (κ2) is 8.41. The van der Waals surface area contributed by atoms with Crippen molar-refractivity contribution in [2.45, 2.75) is 41.0 Å². The van der Waals surface area contributed by atoms with Crippen LogP contribution in [0, 0.1) is 12.8 Å². The zero-order valence-corrected chi connectivity index (χ0v) is 13.2. The van der Waals surface area contributed by atoms with Crippen molar-refractivity contribution in [1.82, 2.24) is 10.2 Å². The maximum atomic E-state index is 5.70. The average Bonchev–Trinajstić information content (AvgIpc) is 2.88. The summed E-state index contributed by atoms with van der Waals surface area (Å²) in [4.78, 5) is 0. The van der Waals surface area contributed by atoms with Gasteiger partial charge in [0, 0.05) is 11.3 Å². The molecule has 1 heterocycles. The molecule has 0 atom stereocenters. The van der Waals surface area contributed by atoms with Crippen LogP contribution in [0.1, 0.15) is 39.8 Å². The first-order valence-corrected chi connectivity index (χ1v) is 7.40. The lowest BCUT2D eigenvalue weighted by molar-refractivity contribution is 0.289. The van der Waals surface area contributed by atoms with Gasteiger partial charge in [0.05, 0.1) is 12.8 Å². The molecule has 1 aromatic carbocycles. The van der Waals surface area contributed by atoms with E-state index in [4.69, 9.17) is 4.74 Å². The molecule has 1 aromatic heterocycles. The summed E-state index contributed by atoms with van der Waals surface area (Å²) in [5, 5.41) is 6.98. The van der Waals surface area contributed by atoms with Crippen molar-refractivity contribution in [1.29, 1.82) is 0 Å². The molecule has 0 aliphatic rings. The van der Waals surface area contributed by atoms with Crippen LogP contribution in [0.25, 0.3) is 11.1 Å². The molecule has 0 aliphatic heterocycles. The highest BCUT2D eigenvalue weighted by Crippen LogP contribution is 2.24. The Kier molecular flexibility index (Phi) is 6.85. The first-order valence-electron chi connectivity index (χ1n) is 7.40. The molecular formula is C17H26N2O. The van der Waals surface area contributed by atoms with E-state index >= 15 is 0 Å². The molecule has 3 heteroatoms. The van der Waals surface area contributed by atoms with E-state index in [1.54, 1.807) is 0 Å². The molecule has 3 nitrogen and oxygen atoms in total. The molecule has 20 heavy (non-hydrogen) atoms. The molecule has 0 saturated heterocycles. The fourth-order valence-electron chi connectivity index (χ4n) is 1.78. The summed E-state index contributed by atoms with van der Waals surface area (Å²) in [5.74, 6) is 1.61. The van der Waals surface area contributed by atoms with E-state index in [-0.39, 0.29) is 0 Å². The Labute approximate surface area is 122 Å². The number of ether oxygens (including phenoxy) is 1. The van der Waals surface area contributed by atoms with Crippen LogP contribution in [0.2, 0.25) is 0 Å². The molecule has 0 spiro atoms. The number of hydrogen-bond donors (Lipinski definition) is 1. The maximum absolute atomic E-state index is 5.70. The summed E-state index contributed by atoms with van der Waals surface area (Å²) < 4.78 is 5.70. The fraction of sp³-hybridized carbons (Fsp3) is 0.471. The molecule has 110 valence electrons. The Balaban J connectivity index is 0.000000956.